The lowest BCUT2D eigenvalue weighted by Crippen LogP contribution is -2.38. The summed E-state index contributed by atoms with van der Waals surface area (Å²) in [5.41, 5.74) is 2.57. The van der Waals surface area contributed by atoms with Crippen molar-refractivity contribution in [3.05, 3.63) is 70.3 Å². The Bertz CT molecular complexity index is 1380. The molecule has 0 aliphatic heterocycles. The molecular weight excluding hydrogens is 448 g/mol. The molecule has 0 aliphatic rings. The molecule has 176 valence electrons. The summed E-state index contributed by atoms with van der Waals surface area (Å²) in [4.78, 5) is 34.7. The molecule has 0 unspecified atom stereocenters. The van der Waals surface area contributed by atoms with E-state index in [1.807, 2.05) is 62.6 Å². The standard InChI is InChI=1S/C25H28N6O2S/c1-5-30-23(18-11-7-6-10-17(18)4)28-29-25(30)34-15-22(32)31(16(2)3)14-21-26-20-13-9-8-12-19(20)24(33)27-21/h6-13,16H,5,14-15H2,1-4H3,(H,26,27,33). The Hall–Kier alpha value is -3.46. The van der Waals surface area contributed by atoms with Crippen molar-refractivity contribution in [3.63, 3.8) is 0 Å². The number of aromatic nitrogens is 5. The van der Waals surface area contributed by atoms with Gasteiger partial charge in [-0.15, -0.1) is 10.2 Å². The van der Waals surface area contributed by atoms with Crippen molar-refractivity contribution in [2.24, 2.45) is 0 Å². The third-order valence-corrected chi connectivity index (χ3v) is 6.62. The Morgan fingerprint density at radius 2 is 1.85 bits per heavy atom. The normalized spacial score (nSPS) is 11.3. The number of aryl methyl sites for hydroxylation is 1. The van der Waals surface area contributed by atoms with Gasteiger partial charge in [0.05, 0.1) is 23.2 Å². The summed E-state index contributed by atoms with van der Waals surface area (Å²) in [5.74, 6) is 1.42. The van der Waals surface area contributed by atoms with Gasteiger partial charge in [0.25, 0.3) is 5.56 Å². The number of carbonyl (C=O) groups excluding carboxylic acids is 1. The maximum Gasteiger partial charge on any atom is 0.258 e. The molecular formula is C25H28N6O2S. The average Bonchev–Trinajstić information content (AvgIpc) is 3.23. The molecule has 8 nitrogen and oxygen atoms in total. The molecule has 2 heterocycles. The maximum absolute atomic E-state index is 13.2. The molecule has 0 bridgehead atoms. The molecule has 0 aliphatic carbocycles. The maximum atomic E-state index is 13.2. The van der Waals surface area contributed by atoms with Crippen LogP contribution in [-0.4, -0.2) is 47.3 Å². The van der Waals surface area contributed by atoms with Crippen LogP contribution in [0.1, 0.15) is 32.2 Å². The van der Waals surface area contributed by atoms with E-state index in [4.69, 9.17) is 0 Å². The van der Waals surface area contributed by atoms with Crippen LogP contribution < -0.4 is 5.56 Å². The van der Waals surface area contributed by atoms with Crippen molar-refractivity contribution >= 4 is 28.6 Å². The van der Waals surface area contributed by atoms with Crippen LogP contribution in [0, 0.1) is 6.92 Å². The van der Waals surface area contributed by atoms with Crippen LogP contribution in [0.25, 0.3) is 22.3 Å². The van der Waals surface area contributed by atoms with Gasteiger partial charge in [0.2, 0.25) is 5.91 Å². The largest absolute Gasteiger partial charge is 0.332 e. The summed E-state index contributed by atoms with van der Waals surface area (Å²) in [6.07, 6.45) is 0. The van der Waals surface area contributed by atoms with Crippen LogP contribution >= 0.6 is 11.8 Å². The highest BCUT2D eigenvalue weighted by Crippen LogP contribution is 2.26. The predicted molar refractivity (Wildman–Crippen MR) is 135 cm³/mol. The lowest BCUT2D eigenvalue weighted by Gasteiger charge is -2.26. The zero-order valence-electron chi connectivity index (χ0n) is 19.8. The molecule has 34 heavy (non-hydrogen) atoms. The van der Waals surface area contributed by atoms with E-state index in [0.29, 0.717) is 28.4 Å². The van der Waals surface area contributed by atoms with E-state index in [-0.39, 0.29) is 29.8 Å². The molecule has 1 amide bonds. The number of carbonyl (C=O) groups is 1. The Balaban J connectivity index is 1.51. The first kappa shape index (κ1) is 23.7. The number of aromatic amines is 1. The second-order valence-corrected chi connectivity index (χ2v) is 9.24. The van der Waals surface area contributed by atoms with E-state index >= 15 is 0 Å². The molecule has 4 rings (SSSR count). The van der Waals surface area contributed by atoms with Crippen molar-refractivity contribution in [1.82, 2.24) is 29.6 Å². The van der Waals surface area contributed by atoms with Gasteiger partial charge in [-0.1, -0.05) is 48.2 Å². The van der Waals surface area contributed by atoms with Gasteiger partial charge in [0.15, 0.2) is 11.0 Å². The van der Waals surface area contributed by atoms with E-state index in [9.17, 15) is 9.59 Å². The third kappa shape index (κ3) is 4.89. The molecule has 0 atom stereocenters. The van der Waals surface area contributed by atoms with E-state index in [2.05, 4.69) is 20.2 Å². The second-order valence-electron chi connectivity index (χ2n) is 8.30. The van der Waals surface area contributed by atoms with Crippen LogP contribution in [0.15, 0.2) is 58.5 Å². The van der Waals surface area contributed by atoms with Crippen molar-refractivity contribution in [2.75, 3.05) is 5.75 Å². The van der Waals surface area contributed by atoms with Crippen LogP contribution in [0.5, 0.6) is 0 Å². The highest BCUT2D eigenvalue weighted by molar-refractivity contribution is 7.99. The Morgan fingerprint density at radius 3 is 2.59 bits per heavy atom. The van der Waals surface area contributed by atoms with Crippen molar-refractivity contribution in [3.8, 4) is 11.4 Å². The van der Waals surface area contributed by atoms with Crippen LogP contribution in [0.3, 0.4) is 0 Å². The van der Waals surface area contributed by atoms with Gasteiger partial charge in [-0.2, -0.15) is 0 Å². The van der Waals surface area contributed by atoms with Crippen molar-refractivity contribution in [2.45, 2.75) is 52.0 Å². The zero-order chi connectivity index (χ0) is 24.2. The van der Waals surface area contributed by atoms with Crippen LogP contribution in [-0.2, 0) is 17.9 Å². The summed E-state index contributed by atoms with van der Waals surface area (Å²) in [6.45, 7) is 8.92. The number of H-pyrrole nitrogens is 1. The Labute approximate surface area is 202 Å². The SMILES string of the molecule is CCn1c(SCC(=O)N(Cc2nc3ccccc3c(=O)[nH]2)C(C)C)nnc1-c1ccccc1C. The van der Waals surface area contributed by atoms with Gasteiger partial charge in [0, 0.05) is 18.2 Å². The number of thioether (sulfide) groups is 1. The molecule has 4 aromatic rings. The first-order chi connectivity index (χ1) is 16.4. The van der Waals surface area contributed by atoms with E-state index in [1.165, 1.54) is 11.8 Å². The van der Waals surface area contributed by atoms with Gasteiger partial charge < -0.3 is 14.5 Å². The molecule has 0 radical (unpaired) electrons. The molecule has 0 spiro atoms. The van der Waals surface area contributed by atoms with Crippen LogP contribution in [0.4, 0.5) is 0 Å². The fraction of sp³-hybridized carbons (Fsp3) is 0.320. The quantitative estimate of drug-likeness (QED) is 0.386. The first-order valence-corrected chi connectivity index (χ1v) is 12.3. The summed E-state index contributed by atoms with van der Waals surface area (Å²) in [6, 6.07) is 15.2. The van der Waals surface area contributed by atoms with Crippen molar-refractivity contribution < 1.29 is 4.79 Å². The number of fused-ring (bicyclic) bond motifs is 1. The summed E-state index contributed by atoms with van der Waals surface area (Å²) in [7, 11) is 0. The smallest absolute Gasteiger partial charge is 0.258 e. The molecule has 0 saturated heterocycles. The Kier molecular flexibility index (Phi) is 7.12. The highest BCUT2D eigenvalue weighted by Gasteiger charge is 2.21. The highest BCUT2D eigenvalue weighted by atomic mass is 32.2. The predicted octanol–water partition coefficient (Wildman–Crippen LogP) is 4.04. The monoisotopic (exact) mass is 476 g/mol. The van der Waals surface area contributed by atoms with Crippen molar-refractivity contribution in [1.29, 1.82) is 0 Å². The molecule has 2 aromatic carbocycles. The molecule has 2 aromatic heterocycles. The van der Waals surface area contributed by atoms with Crippen LogP contribution in [0.2, 0.25) is 0 Å². The van der Waals surface area contributed by atoms with Gasteiger partial charge in [0.1, 0.15) is 5.82 Å². The van der Waals surface area contributed by atoms with E-state index < -0.39 is 0 Å². The number of hydrogen-bond donors (Lipinski definition) is 1. The summed E-state index contributed by atoms with van der Waals surface area (Å²) in [5, 5.41) is 9.99. The second kappa shape index (κ2) is 10.2. The average molecular weight is 477 g/mol. The molecule has 9 heteroatoms. The fourth-order valence-electron chi connectivity index (χ4n) is 3.84. The summed E-state index contributed by atoms with van der Waals surface area (Å²) >= 11 is 1.37. The number of para-hydroxylation sites is 1. The van der Waals surface area contributed by atoms with Gasteiger partial charge in [-0.05, 0) is 45.4 Å². The number of benzene rings is 2. The number of nitrogens with zero attached hydrogens (tertiary/aromatic N) is 5. The number of amides is 1. The number of rotatable bonds is 8. The van der Waals surface area contributed by atoms with E-state index in [1.54, 1.807) is 23.1 Å². The summed E-state index contributed by atoms with van der Waals surface area (Å²) < 4.78 is 2.03. The minimum Gasteiger partial charge on any atom is -0.332 e. The first-order valence-electron chi connectivity index (χ1n) is 11.3. The minimum atomic E-state index is -0.203. The molecule has 0 fully saturated rings. The van der Waals surface area contributed by atoms with Gasteiger partial charge in [-0.25, -0.2) is 4.98 Å². The Morgan fingerprint density at radius 1 is 1.12 bits per heavy atom. The van der Waals surface area contributed by atoms with Gasteiger partial charge in [-0.3, -0.25) is 9.59 Å². The molecule has 0 saturated carbocycles. The molecule has 1 N–H and O–H groups in total. The zero-order valence-corrected chi connectivity index (χ0v) is 20.6. The topological polar surface area (TPSA) is 96.8 Å². The number of hydrogen-bond acceptors (Lipinski definition) is 6. The lowest BCUT2D eigenvalue weighted by molar-refractivity contribution is -0.130. The van der Waals surface area contributed by atoms with E-state index in [0.717, 1.165) is 17.0 Å². The third-order valence-electron chi connectivity index (χ3n) is 5.67. The minimum absolute atomic E-state index is 0.0566. The van der Waals surface area contributed by atoms with Gasteiger partial charge >= 0.3 is 0 Å². The number of nitrogens with one attached hydrogen (secondary N) is 1. The lowest BCUT2D eigenvalue weighted by atomic mass is 10.1. The fourth-order valence-corrected chi connectivity index (χ4v) is 4.73.